The van der Waals surface area contributed by atoms with Crippen molar-refractivity contribution in [3.63, 3.8) is 0 Å². The van der Waals surface area contributed by atoms with Crippen LogP contribution in [0.2, 0.25) is 0 Å². The number of amides is 2. The zero-order valence-electron chi connectivity index (χ0n) is 14.9. The van der Waals surface area contributed by atoms with Crippen LogP contribution in [0.5, 0.6) is 0 Å². The molecule has 3 N–H and O–H groups in total. The SMILES string of the molecule is CCN(C(=O)CN1CCCC(C(=O)NCCN)C1)C1CCS(=O)(=O)C1. The van der Waals surface area contributed by atoms with Gasteiger partial charge in [-0.05, 0) is 32.7 Å². The third kappa shape index (κ3) is 5.65. The van der Waals surface area contributed by atoms with Gasteiger partial charge in [0.1, 0.15) is 0 Å². The summed E-state index contributed by atoms with van der Waals surface area (Å²) in [6.45, 7) is 4.85. The Balaban J connectivity index is 1.89. The zero-order valence-corrected chi connectivity index (χ0v) is 15.8. The molecule has 0 bridgehead atoms. The highest BCUT2D eigenvalue weighted by Crippen LogP contribution is 2.20. The molecule has 0 aromatic heterocycles. The molecule has 9 heteroatoms. The molecule has 2 saturated heterocycles. The van der Waals surface area contributed by atoms with Crippen molar-refractivity contribution in [2.24, 2.45) is 11.7 Å². The van der Waals surface area contributed by atoms with Gasteiger partial charge in [0.15, 0.2) is 9.84 Å². The Morgan fingerprint density at radius 3 is 2.68 bits per heavy atom. The number of nitrogens with one attached hydrogen (secondary N) is 1. The summed E-state index contributed by atoms with van der Waals surface area (Å²) < 4.78 is 23.4. The second kappa shape index (κ2) is 8.95. The van der Waals surface area contributed by atoms with E-state index in [2.05, 4.69) is 5.32 Å². The minimum atomic E-state index is -3.02. The number of nitrogens with two attached hydrogens (primary N) is 1. The molecular formula is C16H30N4O4S. The normalized spacial score (nSPS) is 26.3. The number of rotatable bonds is 7. The van der Waals surface area contributed by atoms with Gasteiger partial charge in [-0.25, -0.2) is 8.42 Å². The molecule has 2 aliphatic heterocycles. The van der Waals surface area contributed by atoms with Crippen molar-refractivity contribution < 1.29 is 18.0 Å². The summed E-state index contributed by atoms with van der Waals surface area (Å²) in [5.74, 6) is 0.0603. The fourth-order valence-electron chi connectivity index (χ4n) is 3.69. The molecule has 0 aliphatic carbocycles. The maximum Gasteiger partial charge on any atom is 0.237 e. The largest absolute Gasteiger partial charge is 0.355 e. The molecule has 0 spiro atoms. The van der Waals surface area contributed by atoms with Crippen LogP contribution in [-0.4, -0.2) is 86.8 Å². The number of piperidine rings is 1. The molecule has 2 unspecified atom stereocenters. The highest BCUT2D eigenvalue weighted by molar-refractivity contribution is 7.91. The second-order valence-electron chi connectivity index (χ2n) is 6.89. The van der Waals surface area contributed by atoms with Crippen LogP contribution in [0.3, 0.4) is 0 Å². The van der Waals surface area contributed by atoms with E-state index in [1.807, 2.05) is 11.8 Å². The van der Waals surface area contributed by atoms with Crippen LogP contribution in [0.4, 0.5) is 0 Å². The van der Waals surface area contributed by atoms with Gasteiger partial charge in [0, 0.05) is 32.2 Å². The van der Waals surface area contributed by atoms with E-state index in [1.165, 1.54) is 0 Å². The fourth-order valence-corrected chi connectivity index (χ4v) is 5.43. The third-order valence-corrected chi connectivity index (χ3v) is 6.74. The van der Waals surface area contributed by atoms with E-state index in [9.17, 15) is 18.0 Å². The van der Waals surface area contributed by atoms with E-state index in [-0.39, 0.29) is 41.8 Å². The molecule has 2 aliphatic rings. The zero-order chi connectivity index (χ0) is 18.4. The quantitative estimate of drug-likeness (QED) is 0.579. The van der Waals surface area contributed by atoms with Crippen molar-refractivity contribution in [2.75, 3.05) is 50.8 Å². The number of carbonyl (C=O) groups excluding carboxylic acids is 2. The van der Waals surface area contributed by atoms with E-state index in [0.717, 1.165) is 19.4 Å². The van der Waals surface area contributed by atoms with Crippen molar-refractivity contribution in [1.29, 1.82) is 0 Å². The van der Waals surface area contributed by atoms with Crippen LogP contribution in [0.25, 0.3) is 0 Å². The number of nitrogens with zero attached hydrogens (tertiary/aromatic N) is 2. The Kier molecular flexibility index (Phi) is 7.21. The molecule has 144 valence electrons. The molecule has 2 heterocycles. The number of sulfone groups is 1. The van der Waals surface area contributed by atoms with Gasteiger partial charge in [0.05, 0.1) is 24.0 Å². The highest BCUT2D eigenvalue weighted by atomic mass is 32.2. The van der Waals surface area contributed by atoms with Gasteiger partial charge in [-0.2, -0.15) is 0 Å². The lowest BCUT2D eigenvalue weighted by atomic mass is 9.97. The lowest BCUT2D eigenvalue weighted by Gasteiger charge is -2.34. The summed E-state index contributed by atoms with van der Waals surface area (Å²) >= 11 is 0. The number of likely N-dealkylation sites (N-methyl/N-ethyl adjacent to an activating group) is 1. The first-order valence-corrected chi connectivity index (χ1v) is 10.9. The monoisotopic (exact) mass is 374 g/mol. The van der Waals surface area contributed by atoms with Gasteiger partial charge >= 0.3 is 0 Å². The van der Waals surface area contributed by atoms with Crippen LogP contribution in [-0.2, 0) is 19.4 Å². The summed E-state index contributed by atoms with van der Waals surface area (Å²) in [5.41, 5.74) is 5.41. The Bertz CT molecular complexity index is 581. The average molecular weight is 375 g/mol. The minimum Gasteiger partial charge on any atom is -0.355 e. The van der Waals surface area contributed by atoms with Gasteiger partial charge in [0.2, 0.25) is 11.8 Å². The first kappa shape index (κ1) is 20.1. The Morgan fingerprint density at radius 1 is 1.32 bits per heavy atom. The summed E-state index contributed by atoms with van der Waals surface area (Å²) in [7, 11) is -3.02. The Labute approximate surface area is 150 Å². The van der Waals surface area contributed by atoms with Crippen molar-refractivity contribution in [3.05, 3.63) is 0 Å². The van der Waals surface area contributed by atoms with Crippen LogP contribution in [0.1, 0.15) is 26.2 Å². The summed E-state index contributed by atoms with van der Waals surface area (Å²) in [6, 6.07) is -0.212. The van der Waals surface area contributed by atoms with Crippen molar-refractivity contribution in [3.8, 4) is 0 Å². The van der Waals surface area contributed by atoms with E-state index < -0.39 is 9.84 Å². The van der Waals surface area contributed by atoms with E-state index in [4.69, 9.17) is 5.73 Å². The molecule has 2 fully saturated rings. The maximum atomic E-state index is 12.7. The maximum absolute atomic E-state index is 12.7. The smallest absolute Gasteiger partial charge is 0.237 e. The molecule has 0 saturated carbocycles. The van der Waals surface area contributed by atoms with Gasteiger partial charge in [-0.1, -0.05) is 0 Å². The standard InChI is InChI=1S/C16H30N4O4S/c1-2-20(14-5-9-25(23,24)12-14)15(21)11-19-8-3-4-13(10-19)16(22)18-7-6-17/h13-14H,2-12,17H2,1H3,(H,18,22). The predicted octanol–water partition coefficient (Wildman–Crippen LogP) is -1.19. The van der Waals surface area contributed by atoms with Crippen molar-refractivity contribution in [2.45, 2.75) is 32.2 Å². The number of likely N-dealkylation sites (tertiary alicyclic amines) is 1. The topological polar surface area (TPSA) is 113 Å². The molecule has 25 heavy (non-hydrogen) atoms. The van der Waals surface area contributed by atoms with Crippen LogP contribution in [0, 0.1) is 5.92 Å². The van der Waals surface area contributed by atoms with E-state index in [1.54, 1.807) is 4.90 Å². The van der Waals surface area contributed by atoms with E-state index in [0.29, 0.717) is 32.6 Å². The Hall–Kier alpha value is -1.19. The molecule has 2 amide bonds. The van der Waals surface area contributed by atoms with Gasteiger partial charge in [0.25, 0.3) is 0 Å². The molecule has 8 nitrogen and oxygen atoms in total. The number of hydrogen-bond donors (Lipinski definition) is 2. The molecular weight excluding hydrogens is 344 g/mol. The van der Waals surface area contributed by atoms with Gasteiger partial charge < -0.3 is 16.0 Å². The summed E-state index contributed by atoms with van der Waals surface area (Å²) in [6.07, 6.45) is 2.21. The predicted molar refractivity (Wildman–Crippen MR) is 95.7 cm³/mol. The first-order chi connectivity index (χ1) is 11.9. The summed E-state index contributed by atoms with van der Waals surface area (Å²) in [4.78, 5) is 28.5. The Morgan fingerprint density at radius 2 is 2.08 bits per heavy atom. The third-order valence-electron chi connectivity index (χ3n) is 4.99. The van der Waals surface area contributed by atoms with Crippen molar-refractivity contribution >= 4 is 21.7 Å². The van der Waals surface area contributed by atoms with Crippen molar-refractivity contribution in [1.82, 2.24) is 15.1 Å². The molecule has 0 aromatic rings. The van der Waals surface area contributed by atoms with Gasteiger partial charge in [-0.3, -0.25) is 14.5 Å². The summed E-state index contributed by atoms with van der Waals surface area (Å²) in [5, 5.41) is 2.81. The number of hydrogen-bond acceptors (Lipinski definition) is 6. The lowest BCUT2D eigenvalue weighted by Crippen LogP contribution is -2.50. The molecule has 0 radical (unpaired) electrons. The van der Waals surface area contributed by atoms with E-state index >= 15 is 0 Å². The average Bonchev–Trinajstić information content (AvgIpc) is 2.93. The van der Waals surface area contributed by atoms with Crippen LogP contribution >= 0.6 is 0 Å². The molecule has 2 rings (SSSR count). The molecule has 2 atom stereocenters. The number of carbonyl (C=O) groups is 2. The fraction of sp³-hybridized carbons (Fsp3) is 0.875. The van der Waals surface area contributed by atoms with Crippen LogP contribution < -0.4 is 11.1 Å². The first-order valence-electron chi connectivity index (χ1n) is 9.06. The lowest BCUT2D eigenvalue weighted by molar-refractivity contribution is -0.136. The van der Waals surface area contributed by atoms with Crippen LogP contribution in [0.15, 0.2) is 0 Å². The highest BCUT2D eigenvalue weighted by Gasteiger charge is 2.35. The van der Waals surface area contributed by atoms with Gasteiger partial charge in [-0.15, -0.1) is 0 Å². The second-order valence-corrected chi connectivity index (χ2v) is 9.12. The minimum absolute atomic E-state index is 0.00293. The molecule has 0 aromatic carbocycles.